The van der Waals surface area contributed by atoms with Gasteiger partial charge in [-0.15, -0.1) is 0 Å². The minimum atomic E-state index is -2.08. The van der Waals surface area contributed by atoms with E-state index in [4.69, 9.17) is 0 Å². The molecular formula is C6H13N3O2Si2. The normalized spacial score (nSPS) is 13.0. The van der Waals surface area contributed by atoms with E-state index in [1.807, 2.05) is 30.9 Å². The molecule has 0 aromatic carbocycles. The van der Waals surface area contributed by atoms with Crippen molar-refractivity contribution < 1.29 is 9.59 Å². The standard InChI is InChI=1S/C6H13N3O2Si2/c1-9(12(2)7-5-10)13(3,4)8-6-11/h12H,1-4H3. The Labute approximate surface area is 80.1 Å². The van der Waals surface area contributed by atoms with Crippen LogP contribution in [0.3, 0.4) is 0 Å². The predicted molar refractivity (Wildman–Crippen MR) is 54.5 cm³/mol. The maximum atomic E-state index is 10.1. The molecule has 7 heteroatoms. The first-order valence-corrected chi connectivity index (χ1v) is 8.93. The van der Waals surface area contributed by atoms with Gasteiger partial charge in [0.1, 0.15) is 0 Å². The fraction of sp³-hybridized carbons (Fsp3) is 0.667. The van der Waals surface area contributed by atoms with Gasteiger partial charge < -0.3 is 4.23 Å². The third-order valence-corrected chi connectivity index (χ3v) is 8.96. The van der Waals surface area contributed by atoms with Gasteiger partial charge in [-0.25, -0.2) is 18.9 Å². The van der Waals surface area contributed by atoms with Crippen molar-refractivity contribution in [2.24, 2.45) is 9.32 Å². The van der Waals surface area contributed by atoms with Gasteiger partial charge >= 0.3 is 0 Å². The van der Waals surface area contributed by atoms with Crippen molar-refractivity contribution in [1.29, 1.82) is 0 Å². The van der Waals surface area contributed by atoms with Crippen LogP contribution in [-0.4, -0.2) is 41.0 Å². The summed E-state index contributed by atoms with van der Waals surface area (Å²) in [5.41, 5.74) is 0. The third-order valence-electron chi connectivity index (χ3n) is 1.98. The largest absolute Gasteiger partial charge is 0.314 e. The van der Waals surface area contributed by atoms with Crippen molar-refractivity contribution in [2.75, 3.05) is 7.05 Å². The molecule has 0 aliphatic carbocycles. The SMILES string of the molecule is CN([SiH](C)N=C=O)[Si](C)(C)N=C=O. The summed E-state index contributed by atoms with van der Waals surface area (Å²) in [6, 6.07) is 0. The lowest BCUT2D eigenvalue weighted by molar-refractivity contribution is 0.565. The van der Waals surface area contributed by atoms with E-state index in [-0.39, 0.29) is 0 Å². The average molecular weight is 215 g/mol. The van der Waals surface area contributed by atoms with E-state index in [9.17, 15) is 9.59 Å². The molecule has 5 nitrogen and oxygen atoms in total. The van der Waals surface area contributed by atoms with E-state index in [0.717, 1.165) is 0 Å². The van der Waals surface area contributed by atoms with Crippen LogP contribution in [0.5, 0.6) is 0 Å². The van der Waals surface area contributed by atoms with Crippen molar-refractivity contribution >= 4 is 29.7 Å². The summed E-state index contributed by atoms with van der Waals surface area (Å²) in [5.74, 6) is 0. The van der Waals surface area contributed by atoms with Crippen molar-refractivity contribution in [3.63, 3.8) is 0 Å². The van der Waals surface area contributed by atoms with Gasteiger partial charge in [0, 0.05) is 0 Å². The molecule has 13 heavy (non-hydrogen) atoms. The molecule has 0 radical (unpaired) electrons. The van der Waals surface area contributed by atoms with Crippen molar-refractivity contribution in [3.8, 4) is 0 Å². The van der Waals surface area contributed by atoms with Gasteiger partial charge in [-0.1, -0.05) is 0 Å². The summed E-state index contributed by atoms with van der Waals surface area (Å²) in [7, 11) is -1.87. The highest BCUT2D eigenvalue weighted by atomic mass is 28.4. The molecular weight excluding hydrogens is 202 g/mol. The van der Waals surface area contributed by atoms with Gasteiger partial charge in [0.2, 0.25) is 21.3 Å². The fourth-order valence-corrected chi connectivity index (χ4v) is 5.52. The molecule has 0 aliphatic rings. The Kier molecular flexibility index (Phi) is 4.68. The molecule has 72 valence electrons. The zero-order chi connectivity index (χ0) is 10.5. The highest BCUT2D eigenvalue weighted by Gasteiger charge is 2.31. The first kappa shape index (κ1) is 12.2. The van der Waals surface area contributed by atoms with Gasteiger partial charge in [-0.3, -0.25) is 0 Å². The lowest BCUT2D eigenvalue weighted by Crippen LogP contribution is -2.51. The molecule has 1 atom stereocenters. The fourth-order valence-electron chi connectivity index (χ4n) is 0.811. The van der Waals surface area contributed by atoms with E-state index >= 15 is 0 Å². The average Bonchev–Trinajstić information content (AvgIpc) is 2.03. The summed E-state index contributed by atoms with van der Waals surface area (Å²) < 4.78 is 9.39. The molecule has 0 saturated carbocycles. The van der Waals surface area contributed by atoms with Gasteiger partial charge in [0.25, 0.3) is 8.40 Å². The molecule has 0 heterocycles. The molecule has 0 saturated heterocycles. The molecule has 0 aromatic rings. The predicted octanol–water partition coefficient (Wildman–Crippen LogP) is 0.142. The Morgan fingerprint density at radius 2 is 1.85 bits per heavy atom. The summed E-state index contributed by atoms with van der Waals surface area (Å²) in [6.45, 7) is 5.70. The van der Waals surface area contributed by atoms with E-state index in [2.05, 4.69) is 9.32 Å². The number of carbonyl (C=O) groups excluding carboxylic acids is 2. The van der Waals surface area contributed by atoms with E-state index in [1.54, 1.807) is 6.08 Å². The van der Waals surface area contributed by atoms with Crippen LogP contribution in [-0.2, 0) is 9.59 Å². The second kappa shape index (κ2) is 5.01. The first-order chi connectivity index (χ1) is 5.95. The molecule has 0 amide bonds. The summed E-state index contributed by atoms with van der Waals surface area (Å²) in [5, 5.41) is 0. The summed E-state index contributed by atoms with van der Waals surface area (Å²) in [4.78, 5) is 20.2. The number of isocyanates is 2. The lowest BCUT2D eigenvalue weighted by atomic mass is 11.6. The Balaban J connectivity index is 4.65. The quantitative estimate of drug-likeness (QED) is 0.381. The van der Waals surface area contributed by atoms with E-state index < -0.39 is 17.5 Å². The Hall–Kier alpha value is -0.846. The van der Waals surface area contributed by atoms with Crippen molar-refractivity contribution in [3.05, 3.63) is 0 Å². The lowest BCUT2D eigenvalue weighted by Gasteiger charge is -2.29. The Bertz CT molecular complexity index is 269. The second-order valence-electron chi connectivity index (χ2n) is 3.16. The molecule has 0 spiro atoms. The number of nitrogens with zero attached hydrogens (tertiary/aromatic N) is 3. The number of rotatable bonds is 4. The Morgan fingerprint density at radius 3 is 2.23 bits per heavy atom. The highest BCUT2D eigenvalue weighted by molar-refractivity contribution is 6.82. The Morgan fingerprint density at radius 1 is 1.31 bits per heavy atom. The monoisotopic (exact) mass is 215 g/mol. The molecule has 0 aromatic heterocycles. The molecule has 0 bridgehead atoms. The van der Waals surface area contributed by atoms with Crippen LogP contribution in [0.25, 0.3) is 0 Å². The molecule has 1 unspecified atom stereocenters. The second-order valence-corrected chi connectivity index (χ2v) is 9.89. The maximum absolute atomic E-state index is 10.1. The smallest absolute Gasteiger partial charge is 0.260 e. The van der Waals surface area contributed by atoms with Crippen molar-refractivity contribution in [1.82, 2.24) is 4.23 Å². The van der Waals surface area contributed by atoms with Crippen LogP contribution in [0, 0.1) is 0 Å². The van der Waals surface area contributed by atoms with E-state index in [1.165, 1.54) is 6.08 Å². The first-order valence-electron chi connectivity index (χ1n) is 3.84. The minimum absolute atomic E-state index is 1.54. The highest BCUT2D eigenvalue weighted by Crippen LogP contribution is 2.10. The van der Waals surface area contributed by atoms with Crippen LogP contribution in [0.4, 0.5) is 0 Å². The molecule has 0 N–H and O–H groups in total. The maximum Gasteiger partial charge on any atom is 0.260 e. The van der Waals surface area contributed by atoms with Gasteiger partial charge in [-0.2, -0.15) is 0 Å². The van der Waals surface area contributed by atoms with Gasteiger partial charge in [0.15, 0.2) is 0 Å². The summed E-state index contributed by atoms with van der Waals surface area (Å²) >= 11 is 0. The zero-order valence-electron chi connectivity index (χ0n) is 8.24. The third kappa shape index (κ3) is 3.58. The van der Waals surface area contributed by atoms with Crippen LogP contribution < -0.4 is 0 Å². The number of hydrogen-bond acceptors (Lipinski definition) is 5. The summed E-state index contributed by atoms with van der Waals surface area (Å²) in [6.07, 6.45) is 3.10. The topological polar surface area (TPSA) is 62.1 Å². The molecule has 0 rings (SSSR count). The van der Waals surface area contributed by atoms with E-state index in [0.29, 0.717) is 0 Å². The molecule has 0 fully saturated rings. The van der Waals surface area contributed by atoms with Crippen LogP contribution in [0.1, 0.15) is 0 Å². The van der Waals surface area contributed by atoms with Crippen LogP contribution in [0.2, 0.25) is 19.6 Å². The van der Waals surface area contributed by atoms with Crippen LogP contribution >= 0.6 is 0 Å². The van der Waals surface area contributed by atoms with Gasteiger partial charge in [0.05, 0.1) is 0 Å². The number of hydrogen-bond donors (Lipinski definition) is 0. The zero-order valence-corrected chi connectivity index (χ0v) is 10.4. The van der Waals surface area contributed by atoms with Crippen molar-refractivity contribution in [2.45, 2.75) is 19.6 Å². The van der Waals surface area contributed by atoms with Gasteiger partial charge in [-0.05, 0) is 26.7 Å². The van der Waals surface area contributed by atoms with Crippen LogP contribution in [0.15, 0.2) is 9.32 Å². The molecule has 0 aliphatic heterocycles. The minimum Gasteiger partial charge on any atom is -0.314 e.